The van der Waals surface area contributed by atoms with Crippen molar-refractivity contribution < 1.29 is 33.0 Å². The number of fused-ring (bicyclic) bond motifs is 2. The predicted molar refractivity (Wildman–Crippen MR) is 172 cm³/mol. The topological polar surface area (TPSA) is 196 Å². The lowest BCUT2D eigenvalue weighted by atomic mass is 9.98. The molecule has 4 heterocycles. The van der Waals surface area contributed by atoms with Gasteiger partial charge in [-0.15, -0.1) is 0 Å². The van der Waals surface area contributed by atoms with Gasteiger partial charge in [0, 0.05) is 49.2 Å². The lowest BCUT2D eigenvalue weighted by Gasteiger charge is -2.20. The van der Waals surface area contributed by atoms with E-state index in [1.54, 1.807) is 29.8 Å². The van der Waals surface area contributed by atoms with Gasteiger partial charge >= 0.3 is 11.9 Å². The molecule has 1 saturated carbocycles. The first-order valence-electron chi connectivity index (χ1n) is 15.5. The van der Waals surface area contributed by atoms with Gasteiger partial charge < -0.3 is 36.1 Å². The molecule has 0 bridgehead atoms. The van der Waals surface area contributed by atoms with Crippen molar-refractivity contribution in [3.63, 3.8) is 0 Å². The van der Waals surface area contributed by atoms with Gasteiger partial charge in [-0.05, 0) is 61.9 Å². The molecule has 3 aliphatic rings. The number of nitrogens with one attached hydrogen (secondary N) is 1. The largest absolute Gasteiger partial charge is 0.480 e. The second-order valence-electron chi connectivity index (χ2n) is 11.8. The van der Waals surface area contributed by atoms with Crippen LogP contribution in [0.25, 0.3) is 22.0 Å². The number of carboxylic acids is 1. The Morgan fingerprint density at radius 2 is 1.90 bits per heavy atom. The van der Waals surface area contributed by atoms with E-state index in [4.69, 9.17) is 21.3 Å². The fourth-order valence-corrected chi connectivity index (χ4v) is 6.05. The van der Waals surface area contributed by atoms with Gasteiger partial charge in [0.1, 0.15) is 23.2 Å². The van der Waals surface area contributed by atoms with E-state index < -0.39 is 35.0 Å². The van der Waals surface area contributed by atoms with Gasteiger partial charge in [-0.2, -0.15) is 4.98 Å². The predicted octanol–water partition coefficient (Wildman–Crippen LogP) is 3.33. The molecule has 2 aliphatic heterocycles. The van der Waals surface area contributed by atoms with E-state index in [2.05, 4.69) is 20.2 Å². The van der Waals surface area contributed by atoms with Crippen LogP contribution in [-0.4, -0.2) is 56.7 Å². The highest BCUT2D eigenvalue weighted by molar-refractivity contribution is 5.95. The Bertz CT molecular complexity index is 2030. The van der Waals surface area contributed by atoms with Gasteiger partial charge in [0.2, 0.25) is 17.3 Å². The van der Waals surface area contributed by atoms with Crippen LogP contribution in [0, 0.1) is 11.6 Å². The van der Waals surface area contributed by atoms with Crippen LogP contribution in [0.5, 0.6) is 0 Å². The van der Waals surface area contributed by atoms with Gasteiger partial charge in [0.25, 0.3) is 0 Å². The highest BCUT2D eigenvalue weighted by atomic mass is 19.1. The monoisotopic (exact) mass is 661 g/mol. The van der Waals surface area contributed by atoms with Crippen molar-refractivity contribution in [2.24, 2.45) is 0 Å². The number of nitrogens with zero attached hydrogens (tertiary/aromatic N) is 4. The maximum atomic E-state index is 16.2. The minimum absolute atomic E-state index is 0.00657. The van der Waals surface area contributed by atoms with Crippen LogP contribution < -0.4 is 27.1 Å². The van der Waals surface area contributed by atoms with Crippen LogP contribution >= 0.6 is 0 Å². The minimum atomic E-state index is -0.944. The Kier molecular flexibility index (Phi) is 8.69. The summed E-state index contributed by atoms with van der Waals surface area (Å²) in [7, 11) is 0. The van der Waals surface area contributed by atoms with Crippen molar-refractivity contribution in [3.05, 3.63) is 75.2 Å². The second kappa shape index (κ2) is 12.9. The molecule has 0 unspecified atom stereocenters. The SMILES string of the molecule is CCOC(=O)c1cn(C2CC2)c2c(F)c(-c3ccc4c(c3)CCN4Cc3cnc(N)nc3N)c(F)cc2c1=O.O=C1CC[C@H](C(=O)O)N1. The summed E-state index contributed by atoms with van der Waals surface area (Å²) < 4.78 is 38.3. The van der Waals surface area contributed by atoms with Gasteiger partial charge in [-0.1, -0.05) is 6.07 Å². The standard InChI is InChI=1S/C28H26F2N6O3.C5H7NO3/c1-2-39-27(38)19-13-36(17-4-5-17)24-18(25(19)37)10-20(29)22(23(24)30)15-3-6-21-14(9-15)7-8-35(21)12-16-11-33-28(32)34-26(16)31;7-4-2-1-3(6-4)5(8)9/h3,6,9-11,13,17H,2,4-5,7-8,12H2,1H3,(H4,31,32,33,34);3H,1-2H2,(H,6,7)(H,8,9)/t;3-/m.1/s1. The lowest BCUT2D eigenvalue weighted by molar-refractivity contribution is -0.140. The summed E-state index contributed by atoms with van der Waals surface area (Å²) in [4.78, 5) is 56.1. The third kappa shape index (κ3) is 6.22. The van der Waals surface area contributed by atoms with Crippen molar-refractivity contribution in [3.8, 4) is 11.1 Å². The molecule has 2 fully saturated rings. The Hall–Kier alpha value is -5.60. The molecule has 250 valence electrons. The molecular formula is C33H33F2N7O6. The van der Waals surface area contributed by atoms with Crippen LogP contribution in [0.3, 0.4) is 0 Å². The minimum Gasteiger partial charge on any atom is -0.480 e. The summed E-state index contributed by atoms with van der Waals surface area (Å²) in [5.74, 6) is -3.21. The number of ether oxygens (including phenoxy) is 1. The average Bonchev–Trinajstić information content (AvgIpc) is 3.67. The molecule has 6 N–H and O–H groups in total. The molecule has 1 aliphatic carbocycles. The van der Waals surface area contributed by atoms with Gasteiger partial charge in [0.05, 0.1) is 23.1 Å². The molecule has 4 aromatic rings. The van der Waals surface area contributed by atoms with E-state index in [0.29, 0.717) is 43.7 Å². The van der Waals surface area contributed by atoms with Gasteiger partial charge in [-0.3, -0.25) is 9.59 Å². The smallest absolute Gasteiger partial charge is 0.343 e. The molecule has 48 heavy (non-hydrogen) atoms. The van der Waals surface area contributed by atoms with E-state index in [1.807, 2.05) is 6.07 Å². The number of benzene rings is 2. The number of aromatic nitrogens is 3. The number of esters is 1. The molecule has 7 rings (SSSR count). The molecular weight excluding hydrogens is 628 g/mol. The van der Waals surface area contributed by atoms with Crippen molar-refractivity contribution in [2.45, 2.75) is 57.7 Å². The van der Waals surface area contributed by atoms with Crippen molar-refractivity contribution in [2.75, 3.05) is 29.5 Å². The number of rotatable bonds is 7. The normalized spacial score (nSPS) is 16.7. The lowest BCUT2D eigenvalue weighted by Crippen LogP contribution is -2.32. The number of carbonyl (C=O) groups excluding carboxylic acids is 2. The van der Waals surface area contributed by atoms with Crippen molar-refractivity contribution in [1.82, 2.24) is 19.9 Å². The van der Waals surface area contributed by atoms with E-state index in [-0.39, 0.29) is 46.5 Å². The molecule has 2 aromatic carbocycles. The summed E-state index contributed by atoms with van der Waals surface area (Å²) in [6.07, 6.45) is 5.92. The highest BCUT2D eigenvalue weighted by Crippen LogP contribution is 2.41. The first kappa shape index (κ1) is 32.3. The van der Waals surface area contributed by atoms with Crippen LogP contribution in [0.15, 0.2) is 41.5 Å². The fraction of sp³-hybridized carbons (Fsp3) is 0.333. The third-order valence-electron chi connectivity index (χ3n) is 8.57. The molecule has 15 heteroatoms. The van der Waals surface area contributed by atoms with Gasteiger partial charge in [0.15, 0.2) is 5.82 Å². The summed E-state index contributed by atoms with van der Waals surface area (Å²) in [5.41, 5.74) is 13.3. The van der Waals surface area contributed by atoms with Crippen LogP contribution in [0.1, 0.15) is 60.1 Å². The quantitative estimate of drug-likeness (QED) is 0.212. The number of pyridine rings is 1. The van der Waals surface area contributed by atoms with Crippen LogP contribution in [0.4, 0.5) is 26.2 Å². The number of carboxylic acid groups (broad SMARTS) is 1. The number of aliphatic carboxylic acids is 1. The number of amides is 1. The average molecular weight is 662 g/mol. The highest BCUT2D eigenvalue weighted by Gasteiger charge is 2.31. The Morgan fingerprint density at radius 3 is 2.52 bits per heavy atom. The molecule has 2 aromatic heterocycles. The van der Waals surface area contributed by atoms with E-state index in [0.717, 1.165) is 35.7 Å². The number of hydrogen-bond donors (Lipinski definition) is 4. The molecule has 1 saturated heterocycles. The maximum absolute atomic E-state index is 16.2. The molecule has 1 amide bonds. The van der Waals surface area contributed by atoms with Crippen molar-refractivity contribution >= 4 is 46.2 Å². The molecule has 0 spiro atoms. The third-order valence-corrected chi connectivity index (χ3v) is 8.57. The summed E-state index contributed by atoms with van der Waals surface area (Å²) >= 11 is 0. The number of hydrogen-bond acceptors (Lipinski definition) is 10. The number of nitrogens with two attached hydrogens (primary N) is 2. The van der Waals surface area contributed by atoms with Crippen LogP contribution in [0.2, 0.25) is 0 Å². The summed E-state index contributed by atoms with van der Waals surface area (Å²) in [6, 6.07) is 5.58. The number of halogens is 2. The first-order valence-corrected chi connectivity index (χ1v) is 15.5. The fourth-order valence-electron chi connectivity index (χ4n) is 6.05. The Morgan fingerprint density at radius 1 is 1.12 bits per heavy atom. The van der Waals surface area contributed by atoms with E-state index in [1.165, 1.54) is 6.20 Å². The van der Waals surface area contributed by atoms with Gasteiger partial charge in [-0.25, -0.2) is 23.4 Å². The Balaban J connectivity index is 0.000000388. The second-order valence-corrected chi connectivity index (χ2v) is 11.8. The number of nitrogen functional groups attached to an aromatic ring is 2. The van der Waals surface area contributed by atoms with Crippen molar-refractivity contribution in [1.29, 1.82) is 0 Å². The zero-order chi connectivity index (χ0) is 34.3. The zero-order valence-corrected chi connectivity index (χ0v) is 26.0. The summed E-state index contributed by atoms with van der Waals surface area (Å²) in [6.45, 7) is 2.86. The van der Waals surface area contributed by atoms with E-state index >= 15 is 8.78 Å². The molecule has 13 nitrogen and oxygen atoms in total. The van der Waals surface area contributed by atoms with Crippen LogP contribution in [-0.2, 0) is 27.3 Å². The summed E-state index contributed by atoms with van der Waals surface area (Å²) in [5, 5.41) is 10.5. The first-order chi connectivity index (χ1) is 23.0. The number of carbonyl (C=O) groups is 3. The Labute approximate surface area is 272 Å². The number of anilines is 3. The molecule has 1 atom stereocenters. The maximum Gasteiger partial charge on any atom is 0.343 e. The van der Waals surface area contributed by atoms with E-state index in [9.17, 15) is 19.2 Å². The zero-order valence-electron chi connectivity index (χ0n) is 26.0. The molecule has 0 radical (unpaired) electrons.